The fraction of sp³-hybridized carbons (Fsp3) is 0.0500. The Hall–Kier alpha value is -3.18. The van der Waals surface area contributed by atoms with Crippen molar-refractivity contribution in [1.82, 2.24) is 14.5 Å². The number of hydrogen-bond donors (Lipinski definition) is 1. The van der Waals surface area contributed by atoms with Crippen molar-refractivity contribution in [3.05, 3.63) is 77.6 Å². The molecule has 26 heavy (non-hydrogen) atoms. The molecule has 1 N–H and O–H groups in total. The summed E-state index contributed by atoms with van der Waals surface area (Å²) >= 11 is 5.83. The maximum Gasteiger partial charge on any atom is 0.255 e. The van der Waals surface area contributed by atoms with Crippen molar-refractivity contribution in [1.29, 1.82) is 0 Å². The van der Waals surface area contributed by atoms with Crippen LogP contribution in [0.1, 0.15) is 10.4 Å². The predicted octanol–water partition coefficient (Wildman–Crippen LogP) is 4.54. The lowest BCUT2D eigenvalue weighted by Crippen LogP contribution is -2.11. The van der Waals surface area contributed by atoms with Gasteiger partial charge in [-0.2, -0.15) is 0 Å². The fourth-order valence-corrected chi connectivity index (χ4v) is 3.03. The number of para-hydroxylation sites is 2. The molecule has 0 radical (unpaired) electrons. The number of carbonyl (C=O) groups excluding carboxylic acids is 1. The van der Waals surface area contributed by atoms with E-state index in [2.05, 4.69) is 19.9 Å². The van der Waals surface area contributed by atoms with Gasteiger partial charge in [0.25, 0.3) is 5.91 Å². The summed E-state index contributed by atoms with van der Waals surface area (Å²) in [5, 5.41) is 3.14. The topological polar surface area (TPSA) is 59.8 Å². The highest BCUT2D eigenvalue weighted by atomic mass is 35.5. The van der Waals surface area contributed by atoms with E-state index in [1.807, 2.05) is 55.6 Å². The zero-order valence-electron chi connectivity index (χ0n) is 14.0. The van der Waals surface area contributed by atoms with Crippen molar-refractivity contribution in [3.63, 3.8) is 0 Å². The largest absolute Gasteiger partial charge is 0.327 e. The van der Waals surface area contributed by atoms with Gasteiger partial charge >= 0.3 is 0 Å². The molecule has 2 aromatic carbocycles. The number of nitrogens with zero attached hydrogens (tertiary/aromatic N) is 3. The highest BCUT2D eigenvalue weighted by Crippen LogP contribution is 2.25. The molecule has 2 heterocycles. The maximum absolute atomic E-state index is 12.3. The second-order valence-corrected chi connectivity index (χ2v) is 6.27. The third kappa shape index (κ3) is 3.05. The number of aromatic nitrogens is 3. The molecule has 0 saturated heterocycles. The first-order valence-electron chi connectivity index (χ1n) is 8.06. The van der Waals surface area contributed by atoms with E-state index in [-0.39, 0.29) is 11.1 Å². The molecule has 4 aromatic rings. The van der Waals surface area contributed by atoms with Crippen LogP contribution in [0.25, 0.3) is 22.4 Å². The number of fused-ring (bicyclic) bond motifs is 1. The molecular formula is C20H15ClN4O. The minimum atomic E-state index is -0.232. The molecule has 0 atom stereocenters. The lowest BCUT2D eigenvalue weighted by atomic mass is 10.2. The predicted molar refractivity (Wildman–Crippen MR) is 103 cm³/mol. The first-order valence-corrected chi connectivity index (χ1v) is 8.44. The van der Waals surface area contributed by atoms with Crippen LogP contribution in [-0.2, 0) is 7.05 Å². The molecule has 0 spiro atoms. The fourth-order valence-electron chi connectivity index (χ4n) is 2.85. The quantitative estimate of drug-likeness (QED) is 0.544. The van der Waals surface area contributed by atoms with Crippen molar-refractivity contribution in [2.45, 2.75) is 0 Å². The Morgan fingerprint density at radius 1 is 1.08 bits per heavy atom. The number of nitrogens with one attached hydrogen (secondary N) is 1. The van der Waals surface area contributed by atoms with E-state index < -0.39 is 0 Å². The Kier molecular flexibility index (Phi) is 4.14. The van der Waals surface area contributed by atoms with E-state index in [4.69, 9.17) is 11.6 Å². The molecule has 128 valence electrons. The molecule has 0 aliphatic rings. The smallest absolute Gasteiger partial charge is 0.255 e. The lowest BCUT2D eigenvalue weighted by molar-refractivity contribution is 0.102. The minimum absolute atomic E-state index is 0.232. The van der Waals surface area contributed by atoms with Gasteiger partial charge in [0, 0.05) is 30.1 Å². The number of amides is 1. The first kappa shape index (κ1) is 16.3. The van der Waals surface area contributed by atoms with Crippen LogP contribution in [0, 0.1) is 0 Å². The number of hydrogen-bond acceptors (Lipinski definition) is 3. The van der Waals surface area contributed by atoms with E-state index in [1.54, 1.807) is 6.07 Å². The highest BCUT2D eigenvalue weighted by Gasteiger charge is 2.10. The molecule has 0 aliphatic heterocycles. The maximum atomic E-state index is 12.3. The number of pyridine rings is 1. The summed E-state index contributed by atoms with van der Waals surface area (Å²) in [7, 11) is 1.99. The van der Waals surface area contributed by atoms with Gasteiger partial charge in [0.1, 0.15) is 11.0 Å². The van der Waals surface area contributed by atoms with Gasteiger partial charge in [-0.3, -0.25) is 4.79 Å². The summed E-state index contributed by atoms with van der Waals surface area (Å²) in [4.78, 5) is 20.8. The van der Waals surface area contributed by atoms with Gasteiger partial charge < -0.3 is 9.88 Å². The Morgan fingerprint density at radius 3 is 2.58 bits per heavy atom. The van der Waals surface area contributed by atoms with Gasteiger partial charge in [-0.15, -0.1) is 0 Å². The van der Waals surface area contributed by atoms with Crippen LogP contribution in [0.15, 0.2) is 66.9 Å². The summed E-state index contributed by atoms with van der Waals surface area (Å²) in [6.45, 7) is 0. The van der Waals surface area contributed by atoms with E-state index in [9.17, 15) is 4.79 Å². The molecular weight excluding hydrogens is 348 g/mol. The van der Waals surface area contributed by atoms with Crippen molar-refractivity contribution in [2.75, 3.05) is 5.32 Å². The number of carbonyl (C=O) groups is 1. The number of halogens is 1. The monoisotopic (exact) mass is 362 g/mol. The van der Waals surface area contributed by atoms with Crippen LogP contribution in [0.2, 0.25) is 5.15 Å². The first-order chi connectivity index (χ1) is 12.6. The van der Waals surface area contributed by atoms with Crippen molar-refractivity contribution >= 4 is 34.2 Å². The van der Waals surface area contributed by atoms with E-state index >= 15 is 0 Å². The van der Waals surface area contributed by atoms with E-state index in [0.717, 1.165) is 22.4 Å². The van der Waals surface area contributed by atoms with E-state index in [1.165, 1.54) is 12.3 Å². The second kappa shape index (κ2) is 6.61. The summed E-state index contributed by atoms with van der Waals surface area (Å²) in [6, 6.07) is 18.8. The van der Waals surface area contributed by atoms with Gasteiger partial charge in [0.05, 0.1) is 11.0 Å². The van der Waals surface area contributed by atoms with Crippen LogP contribution in [0.4, 0.5) is 5.69 Å². The van der Waals surface area contributed by atoms with Crippen LogP contribution in [0.5, 0.6) is 0 Å². The van der Waals surface area contributed by atoms with Crippen molar-refractivity contribution < 1.29 is 4.79 Å². The SMILES string of the molecule is Cn1c(-c2ccc(NC(=O)c3ccnc(Cl)c3)cc2)nc2ccccc21. The summed E-state index contributed by atoms with van der Waals surface area (Å²) < 4.78 is 2.06. The molecule has 4 rings (SSSR count). The summed E-state index contributed by atoms with van der Waals surface area (Å²) in [5.74, 6) is 0.648. The normalized spacial score (nSPS) is 10.8. The summed E-state index contributed by atoms with van der Waals surface area (Å²) in [5.41, 5.74) is 4.18. The molecule has 5 nitrogen and oxygen atoms in total. The Balaban J connectivity index is 1.58. The standard InChI is InChI=1S/C20H15ClN4O/c1-25-17-5-3-2-4-16(17)24-19(25)13-6-8-15(9-7-13)23-20(26)14-10-11-22-18(21)12-14/h2-12H,1H3,(H,23,26). The highest BCUT2D eigenvalue weighted by molar-refractivity contribution is 6.29. The van der Waals surface area contributed by atoms with Crippen molar-refractivity contribution in [3.8, 4) is 11.4 Å². The number of anilines is 1. The number of benzene rings is 2. The molecule has 0 aliphatic carbocycles. The molecule has 6 heteroatoms. The Morgan fingerprint density at radius 2 is 1.85 bits per heavy atom. The third-order valence-corrected chi connectivity index (χ3v) is 4.38. The van der Waals surface area contributed by atoms with Gasteiger partial charge in [0.2, 0.25) is 0 Å². The third-order valence-electron chi connectivity index (χ3n) is 4.18. The van der Waals surface area contributed by atoms with E-state index in [0.29, 0.717) is 11.3 Å². The molecule has 1 amide bonds. The number of aryl methyl sites for hydroxylation is 1. The van der Waals surface area contributed by atoms with Crippen LogP contribution < -0.4 is 5.32 Å². The van der Waals surface area contributed by atoms with Gasteiger partial charge in [-0.25, -0.2) is 9.97 Å². The molecule has 2 aromatic heterocycles. The zero-order valence-corrected chi connectivity index (χ0v) is 14.7. The molecule has 0 fully saturated rings. The van der Waals surface area contributed by atoms with Crippen LogP contribution in [-0.4, -0.2) is 20.4 Å². The molecule has 0 bridgehead atoms. The zero-order chi connectivity index (χ0) is 18.1. The molecule has 0 saturated carbocycles. The number of rotatable bonds is 3. The van der Waals surface area contributed by atoms with Gasteiger partial charge in [-0.05, 0) is 48.5 Å². The average Bonchev–Trinajstić information content (AvgIpc) is 2.99. The van der Waals surface area contributed by atoms with Crippen LogP contribution in [0.3, 0.4) is 0 Å². The van der Waals surface area contributed by atoms with Crippen molar-refractivity contribution in [2.24, 2.45) is 7.05 Å². The molecule has 0 unspecified atom stereocenters. The van der Waals surface area contributed by atoms with Gasteiger partial charge in [-0.1, -0.05) is 23.7 Å². The van der Waals surface area contributed by atoms with Crippen LogP contribution >= 0.6 is 11.6 Å². The Bertz CT molecular complexity index is 1100. The number of imidazole rings is 1. The Labute approximate surface area is 155 Å². The average molecular weight is 363 g/mol. The van der Waals surface area contributed by atoms with Gasteiger partial charge in [0.15, 0.2) is 0 Å². The second-order valence-electron chi connectivity index (χ2n) is 5.88. The minimum Gasteiger partial charge on any atom is -0.327 e. The lowest BCUT2D eigenvalue weighted by Gasteiger charge is -2.07. The summed E-state index contributed by atoms with van der Waals surface area (Å²) in [6.07, 6.45) is 1.51.